The van der Waals surface area contributed by atoms with E-state index < -0.39 is 10.0 Å². The summed E-state index contributed by atoms with van der Waals surface area (Å²) in [4.78, 5) is 1.29. The largest absolute Gasteiger partial charge is 0.223 e. The smallest absolute Gasteiger partial charge is 0.0991 e. The van der Waals surface area contributed by atoms with Crippen LogP contribution in [-0.4, -0.2) is 18.8 Å². The summed E-state index contributed by atoms with van der Waals surface area (Å²) in [5, 5.41) is 8.69. The van der Waals surface area contributed by atoms with Crippen LogP contribution in [0.3, 0.4) is 0 Å². The fourth-order valence-electron chi connectivity index (χ4n) is 0.947. The summed E-state index contributed by atoms with van der Waals surface area (Å²) >= 11 is 0. The van der Waals surface area contributed by atoms with E-state index in [1.165, 1.54) is 4.90 Å². The number of nitriles is 1. The minimum Gasteiger partial charge on any atom is -0.223 e. The van der Waals surface area contributed by atoms with E-state index in [2.05, 4.69) is 30.9 Å². The zero-order valence-electron chi connectivity index (χ0n) is 7.66. The van der Waals surface area contributed by atoms with E-state index in [0.717, 1.165) is 5.56 Å². The summed E-state index contributed by atoms with van der Waals surface area (Å²) < 4.78 is 0. The van der Waals surface area contributed by atoms with Crippen LogP contribution in [0.1, 0.15) is 5.56 Å². The van der Waals surface area contributed by atoms with Crippen LogP contribution >= 0.6 is 10.0 Å². The number of hydrogen-bond acceptors (Lipinski definition) is 1. The third kappa shape index (κ3) is 2.02. The molecule has 0 aliphatic rings. The molecule has 64 valence electrons. The molecule has 0 amide bonds. The molecule has 0 radical (unpaired) electrons. The first-order valence-corrected chi connectivity index (χ1v) is 6.58. The van der Waals surface area contributed by atoms with E-state index in [9.17, 15) is 0 Å². The Labute approximate surface area is 75.3 Å². The molecule has 0 atom stereocenters. The van der Waals surface area contributed by atoms with E-state index in [4.69, 9.17) is 5.26 Å². The summed E-state index contributed by atoms with van der Waals surface area (Å²) in [7, 11) is -0.687. The first kappa shape index (κ1) is 9.15. The van der Waals surface area contributed by atoms with Crippen molar-refractivity contribution in [2.24, 2.45) is 0 Å². The van der Waals surface area contributed by atoms with Gasteiger partial charge in [-0.2, -0.15) is 5.26 Å². The van der Waals surface area contributed by atoms with Crippen LogP contribution in [0.2, 0.25) is 0 Å². The molecule has 1 nitrogen and oxygen atoms in total. The van der Waals surface area contributed by atoms with Crippen molar-refractivity contribution in [2.45, 2.75) is 4.90 Å². The molecule has 0 bridgehead atoms. The van der Waals surface area contributed by atoms with Gasteiger partial charge in [0.15, 0.2) is 0 Å². The van der Waals surface area contributed by atoms with Gasteiger partial charge in [0.1, 0.15) is 0 Å². The lowest BCUT2D eigenvalue weighted by atomic mass is 10.2. The van der Waals surface area contributed by atoms with E-state index in [-0.39, 0.29) is 0 Å². The van der Waals surface area contributed by atoms with Gasteiger partial charge in [-0.3, -0.25) is 0 Å². The van der Waals surface area contributed by atoms with Crippen LogP contribution in [0.5, 0.6) is 0 Å². The third-order valence-corrected chi connectivity index (χ3v) is 3.34. The molecule has 12 heavy (non-hydrogen) atoms. The molecule has 0 unspecified atom stereocenters. The number of benzene rings is 1. The Balaban J connectivity index is 3.13. The Morgan fingerprint density at radius 1 is 1.25 bits per heavy atom. The highest BCUT2D eigenvalue weighted by Crippen LogP contribution is 2.44. The van der Waals surface area contributed by atoms with Gasteiger partial charge >= 0.3 is 0 Å². The van der Waals surface area contributed by atoms with Crippen molar-refractivity contribution in [1.82, 2.24) is 0 Å². The molecule has 0 aliphatic carbocycles. The van der Waals surface area contributed by atoms with Gasteiger partial charge in [-0.15, -0.1) is 0 Å². The lowest BCUT2D eigenvalue weighted by Crippen LogP contribution is -1.92. The van der Waals surface area contributed by atoms with Gasteiger partial charge in [-0.05, 0) is 35.8 Å². The van der Waals surface area contributed by atoms with Gasteiger partial charge in [-0.25, -0.2) is 10.0 Å². The number of nitrogens with zero attached hydrogens (tertiary/aromatic N) is 1. The summed E-state index contributed by atoms with van der Waals surface area (Å²) in [6.45, 7) is 0. The zero-order valence-corrected chi connectivity index (χ0v) is 8.48. The van der Waals surface area contributed by atoms with Crippen molar-refractivity contribution in [3.05, 3.63) is 29.8 Å². The Bertz CT molecular complexity index is 317. The van der Waals surface area contributed by atoms with Crippen molar-refractivity contribution >= 4 is 10.0 Å². The fourth-order valence-corrected chi connectivity index (χ4v) is 1.91. The number of hydrogen-bond donors (Lipinski definition) is 0. The highest BCUT2D eigenvalue weighted by molar-refractivity contribution is 8.32. The molecule has 0 N–H and O–H groups in total. The van der Waals surface area contributed by atoms with Gasteiger partial charge in [0, 0.05) is 0 Å². The van der Waals surface area contributed by atoms with Gasteiger partial charge in [0.05, 0.1) is 11.6 Å². The molecule has 0 heterocycles. The average molecular weight is 179 g/mol. The van der Waals surface area contributed by atoms with Gasteiger partial charge in [0.25, 0.3) is 0 Å². The normalized spacial score (nSPS) is 12.2. The average Bonchev–Trinajstić information content (AvgIpc) is 2.03. The molecular formula is C10H13NS. The first-order valence-electron chi connectivity index (χ1n) is 3.72. The molecule has 0 aliphatic heterocycles. The molecular weight excluding hydrogens is 166 g/mol. The molecule has 0 spiro atoms. The van der Waals surface area contributed by atoms with Crippen LogP contribution < -0.4 is 0 Å². The lowest BCUT2D eigenvalue weighted by molar-refractivity contribution is 1.39. The maximum Gasteiger partial charge on any atom is 0.0991 e. The van der Waals surface area contributed by atoms with Crippen molar-refractivity contribution in [2.75, 3.05) is 18.8 Å². The predicted octanol–water partition coefficient (Wildman–Crippen LogP) is 2.61. The van der Waals surface area contributed by atoms with Crippen LogP contribution in [0.15, 0.2) is 29.2 Å². The third-order valence-electron chi connectivity index (χ3n) is 1.67. The molecule has 0 fully saturated rings. The molecule has 1 aromatic carbocycles. The van der Waals surface area contributed by atoms with Gasteiger partial charge in [-0.1, -0.05) is 12.1 Å². The Kier molecular flexibility index (Phi) is 2.44. The summed E-state index contributed by atoms with van der Waals surface area (Å²) in [5.74, 6) is 0. The minimum atomic E-state index is -0.687. The van der Waals surface area contributed by atoms with Crippen molar-refractivity contribution < 1.29 is 0 Å². The molecule has 0 saturated heterocycles. The predicted molar refractivity (Wildman–Crippen MR) is 54.8 cm³/mol. The molecule has 1 rings (SSSR count). The van der Waals surface area contributed by atoms with Crippen molar-refractivity contribution in [3.8, 4) is 6.07 Å². The quantitative estimate of drug-likeness (QED) is 0.650. The van der Waals surface area contributed by atoms with E-state index in [0.29, 0.717) is 0 Å². The SMILES string of the molecule is CS(C)(C)c1cccc(C#N)c1. The van der Waals surface area contributed by atoms with E-state index in [1.807, 2.05) is 18.2 Å². The Morgan fingerprint density at radius 2 is 1.92 bits per heavy atom. The standard InChI is InChI=1S/C10H13NS/c1-12(2,3)10-6-4-5-9(7-10)8-11/h4-7H,1-3H3. The lowest BCUT2D eigenvalue weighted by Gasteiger charge is -2.25. The highest BCUT2D eigenvalue weighted by Gasteiger charge is 2.07. The summed E-state index contributed by atoms with van der Waals surface area (Å²) in [6, 6.07) is 10.0. The highest BCUT2D eigenvalue weighted by atomic mass is 32.3. The van der Waals surface area contributed by atoms with E-state index >= 15 is 0 Å². The minimum absolute atomic E-state index is 0.687. The second-order valence-electron chi connectivity index (χ2n) is 3.48. The van der Waals surface area contributed by atoms with Crippen LogP contribution in [0, 0.1) is 11.3 Å². The van der Waals surface area contributed by atoms with Gasteiger partial charge < -0.3 is 0 Å². The maximum absolute atomic E-state index is 8.69. The molecule has 0 saturated carbocycles. The maximum atomic E-state index is 8.69. The van der Waals surface area contributed by atoms with Crippen LogP contribution in [-0.2, 0) is 0 Å². The summed E-state index contributed by atoms with van der Waals surface area (Å²) in [6.07, 6.45) is 6.68. The van der Waals surface area contributed by atoms with E-state index in [1.54, 1.807) is 0 Å². The molecule has 2 heteroatoms. The topological polar surface area (TPSA) is 23.8 Å². The summed E-state index contributed by atoms with van der Waals surface area (Å²) in [5.41, 5.74) is 0.759. The van der Waals surface area contributed by atoms with Crippen molar-refractivity contribution in [1.29, 1.82) is 5.26 Å². The molecule has 1 aromatic rings. The fraction of sp³-hybridized carbons (Fsp3) is 0.300. The number of rotatable bonds is 1. The van der Waals surface area contributed by atoms with Crippen molar-refractivity contribution in [3.63, 3.8) is 0 Å². The second-order valence-corrected chi connectivity index (χ2v) is 7.62. The van der Waals surface area contributed by atoms with Crippen LogP contribution in [0.25, 0.3) is 0 Å². The van der Waals surface area contributed by atoms with Gasteiger partial charge in [0.2, 0.25) is 0 Å². The second kappa shape index (κ2) is 3.20. The Hall–Kier alpha value is -0.940. The monoisotopic (exact) mass is 179 g/mol. The first-order chi connectivity index (χ1) is 5.54. The zero-order chi connectivity index (χ0) is 9.19. The Morgan fingerprint density at radius 3 is 2.42 bits per heavy atom. The van der Waals surface area contributed by atoms with Crippen LogP contribution in [0.4, 0.5) is 0 Å². The molecule has 0 aromatic heterocycles.